The molecule has 0 radical (unpaired) electrons. The highest BCUT2D eigenvalue weighted by Gasteiger charge is 2.31. The molecule has 1 rings (SSSR count). The van der Waals surface area contributed by atoms with Crippen molar-refractivity contribution >= 4 is 5.91 Å². The molecule has 4 atom stereocenters. The molecule has 1 aliphatic rings. The van der Waals surface area contributed by atoms with Gasteiger partial charge in [-0.1, -0.05) is 13.8 Å². The van der Waals surface area contributed by atoms with Crippen LogP contribution in [0.3, 0.4) is 0 Å². The number of amides is 1. The molecule has 4 unspecified atom stereocenters. The minimum absolute atomic E-state index is 0.158. The van der Waals surface area contributed by atoms with Crippen molar-refractivity contribution in [1.29, 1.82) is 0 Å². The van der Waals surface area contributed by atoms with E-state index in [1.165, 1.54) is 0 Å². The normalized spacial score (nSPS) is 32.2. The van der Waals surface area contributed by atoms with Crippen molar-refractivity contribution < 1.29 is 4.79 Å². The predicted octanol–water partition coefficient (Wildman–Crippen LogP) is 2.01. The summed E-state index contributed by atoms with van der Waals surface area (Å²) in [7, 11) is 1.92. The fourth-order valence-corrected chi connectivity index (χ4v) is 2.36. The largest absolute Gasteiger partial charge is 0.343 e. The number of carbonyl (C=O) groups excluding carboxylic acids is 1. The highest BCUT2D eigenvalue weighted by atomic mass is 16.2. The van der Waals surface area contributed by atoms with Crippen LogP contribution in [-0.4, -0.2) is 29.9 Å². The zero-order valence-corrected chi connectivity index (χ0v) is 11.1. The van der Waals surface area contributed by atoms with Gasteiger partial charge >= 0.3 is 0 Å². The van der Waals surface area contributed by atoms with Gasteiger partial charge in [0, 0.05) is 25.0 Å². The summed E-state index contributed by atoms with van der Waals surface area (Å²) in [5.41, 5.74) is 6.04. The van der Waals surface area contributed by atoms with Crippen molar-refractivity contribution in [3.63, 3.8) is 0 Å². The van der Waals surface area contributed by atoms with Crippen molar-refractivity contribution in [2.75, 3.05) is 7.05 Å². The molecule has 0 saturated heterocycles. The number of rotatable bonds is 3. The third kappa shape index (κ3) is 2.97. The summed E-state index contributed by atoms with van der Waals surface area (Å²) in [5, 5.41) is 0. The van der Waals surface area contributed by atoms with E-state index in [1.807, 2.05) is 11.9 Å². The third-order valence-corrected chi connectivity index (χ3v) is 4.21. The summed E-state index contributed by atoms with van der Waals surface area (Å²) in [6.45, 7) is 6.40. The molecule has 0 spiro atoms. The molecule has 1 aliphatic carbocycles. The maximum absolute atomic E-state index is 12.2. The standard InChI is InChI=1S/C13H26N2O/c1-5-10(3)15(4)13(16)11-7-6-9(2)12(14)8-11/h9-12H,5-8,14H2,1-4H3. The van der Waals surface area contributed by atoms with Crippen molar-refractivity contribution in [3.8, 4) is 0 Å². The molecule has 2 N–H and O–H groups in total. The zero-order chi connectivity index (χ0) is 12.3. The summed E-state index contributed by atoms with van der Waals surface area (Å²) in [4.78, 5) is 14.1. The summed E-state index contributed by atoms with van der Waals surface area (Å²) < 4.78 is 0. The molecule has 1 saturated carbocycles. The molecular formula is C13H26N2O. The smallest absolute Gasteiger partial charge is 0.225 e. The second-order valence-corrected chi connectivity index (χ2v) is 5.36. The predicted molar refractivity (Wildman–Crippen MR) is 67.0 cm³/mol. The maximum atomic E-state index is 12.2. The molecule has 16 heavy (non-hydrogen) atoms. The van der Waals surface area contributed by atoms with E-state index in [4.69, 9.17) is 5.73 Å². The van der Waals surface area contributed by atoms with Gasteiger partial charge in [-0.25, -0.2) is 0 Å². The van der Waals surface area contributed by atoms with Gasteiger partial charge in [-0.05, 0) is 38.5 Å². The lowest BCUT2D eigenvalue weighted by molar-refractivity contribution is -0.137. The number of hydrogen-bond donors (Lipinski definition) is 1. The Morgan fingerprint density at radius 1 is 1.50 bits per heavy atom. The Kier molecular flexibility index (Phi) is 4.78. The average Bonchev–Trinajstić information content (AvgIpc) is 2.29. The Morgan fingerprint density at radius 2 is 2.12 bits per heavy atom. The highest BCUT2D eigenvalue weighted by Crippen LogP contribution is 2.29. The van der Waals surface area contributed by atoms with Crippen LogP contribution in [0, 0.1) is 11.8 Å². The topological polar surface area (TPSA) is 46.3 Å². The van der Waals surface area contributed by atoms with Gasteiger partial charge in [0.05, 0.1) is 0 Å². The lowest BCUT2D eigenvalue weighted by Gasteiger charge is -2.35. The van der Waals surface area contributed by atoms with Crippen LogP contribution in [0.2, 0.25) is 0 Å². The second kappa shape index (κ2) is 5.67. The van der Waals surface area contributed by atoms with Gasteiger partial charge < -0.3 is 10.6 Å². The molecule has 0 aromatic heterocycles. The Balaban J connectivity index is 2.55. The Morgan fingerprint density at radius 3 is 2.62 bits per heavy atom. The van der Waals surface area contributed by atoms with Gasteiger partial charge in [0.25, 0.3) is 0 Å². The summed E-state index contributed by atoms with van der Waals surface area (Å²) in [5.74, 6) is 1.01. The van der Waals surface area contributed by atoms with Gasteiger partial charge in [-0.15, -0.1) is 0 Å². The Labute approximate surface area is 99.4 Å². The Bertz CT molecular complexity index is 242. The molecule has 1 fully saturated rings. The lowest BCUT2D eigenvalue weighted by Crippen LogP contribution is -2.44. The minimum atomic E-state index is 0.158. The molecular weight excluding hydrogens is 200 g/mol. The van der Waals surface area contributed by atoms with Gasteiger partial charge in [0.1, 0.15) is 0 Å². The van der Waals surface area contributed by atoms with Crippen LogP contribution in [0.4, 0.5) is 0 Å². The monoisotopic (exact) mass is 226 g/mol. The van der Waals surface area contributed by atoms with E-state index in [9.17, 15) is 4.79 Å². The van der Waals surface area contributed by atoms with Crippen LogP contribution in [0.1, 0.15) is 46.5 Å². The van der Waals surface area contributed by atoms with Crippen molar-refractivity contribution in [2.45, 2.75) is 58.5 Å². The molecule has 3 nitrogen and oxygen atoms in total. The van der Waals surface area contributed by atoms with E-state index < -0.39 is 0 Å². The van der Waals surface area contributed by atoms with E-state index in [-0.39, 0.29) is 17.9 Å². The number of carbonyl (C=O) groups is 1. The first-order valence-corrected chi connectivity index (χ1v) is 6.49. The van der Waals surface area contributed by atoms with Crippen molar-refractivity contribution in [3.05, 3.63) is 0 Å². The van der Waals surface area contributed by atoms with E-state index in [0.717, 1.165) is 25.7 Å². The minimum Gasteiger partial charge on any atom is -0.343 e. The quantitative estimate of drug-likeness (QED) is 0.800. The van der Waals surface area contributed by atoms with Crippen molar-refractivity contribution in [2.24, 2.45) is 17.6 Å². The molecule has 0 aromatic carbocycles. The van der Waals surface area contributed by atoms with E-state index in [2.05, 4.69) is 20.8 Å². The molecule has 1 amide bonds. The van der Waals surface area contributed by atoms with Crippen molar-refractivity contribution in [1.82, 2.24) is 4.90 Å². The van der Waals surface area contributed by atoms with E-state index in [1.54, 1.807) is 0 Å². The van der Waals surface area contributed by atoms with E-state index in [0.29, 0.717) is 12.0 Å². The molecule has 0 aromatic rings. The molecule has 0 bridgehead atoms. The summed E-state index contributed by atoms with van der Waals surface area (Å²) in [6, 6.07) is 0.538. The van der Waals surface area contributed by atoms with Crippen LogP contribution in [-0.2, 0) is 4.79 Å². The van der Waals surface area contributed by atoms with Gasteiger partial charge in [0.15, 0.2) is 0 Å². The third-order valence-electron chi connectivity index (χ3n) is 4.21. The van der Waals surface area contributed by atoms with Crippen LogP contribution < -0.4 is 5.73 Å². The van der Waals surface area contributed by atoms with Crippen LogP contribution >= 0.6 is 0 Å². The van der Waals surface area contributed by atoms with Crippen LogP contribution in [0.25, 0.3) is 0 Å². The number of nitrogens with two attached hydrogens (primary N) is 1. The fourth-order valence-electron chi connectivity index (χ4n) is 2.36. The van der Waals surface area contributed by atoms with Crippen LogP contribution in [0.15, 0.2) is 0 Å². The van der Waals surface area contributed by atoms with Gasteiger partial charge in [0.2, 0.25) is 5.91 Å². The zero-order valence-electron chi connectivity index (χ0n) is 11.1. The number of nitrogens with zero attached hydrogens (tertiary/aromatic N) is 1. The summed E-state index contributed by atoms with van der Waals surface area (Å²) >= 11 is 0. The fraction of sp³-hybridized carbons (Fsp3) is 0.923. The number of hydrogen-bond acceptors (Lipinski definition) is 2. The Hall–Kier alpha value is -0.570. The first-order chi connectivity index (χ1) is 7.47. The van der Waals surface area contributed by atoms with Crippen LogP contribution in [0.5, 0.6) is 0 Å². The second-order valence-electron chi connectivity index (χ2n) is 5.36. The average molecular weight is 226 g/mol. The SMILES string of the molecule is CCC(C)N(C)C(=O)C1CCC(C)C(N)C1. The maximum Gasteiger partial charge on any atom is 0.225 e. The molecule has 94 valence electrons. The lowest BCUT2D eigenvalue weighted by atomic mass is 9.79. The summed E-state index contributed by atoms with van der Waals surface area (Å²) in [6.07, 6.45) is 3.97. The highest BCUT2D eigenvalue weighted by molar-refractivity contribution is 5.79. The molecule has 0 aliphatic heterocycles. The first kappa shape index (κ1) is 13.5. The van der Waals surface area contributed by atoms with E-state index >= 15 is 0 Å². The van der Waals surface area contributed by atoms with Gasteiger partial charge in [-0.3, -0.25) is 4.79 Å². The first-order valence-electron chi connectivity index (χ1n) is 6.49. The molecule has 3 heteroatoms. The van der Waals surface area contributed by atoms with Gasteiger partial charge in [-0.2, -0.15) is 0 Å². The molecule has 0 heterocycles.